The van der Waals surface area contributed by atoms with Crippen molar-refractivity contribution in [1.82, 2.24) is 0 Å². The molecular weight excluding hydrogens is 735 g/mol. The molecule has 0 saturated heterocycles. The Kier molecular flexibility index (Phi) is 9.26. The van der Waals surface area contributed by atoms with E-state index in [1.807, 2.05) is 0 Å². The predicted octanol–water partition coefficient (Wildman–Crippen LogP) is 17.0. The van der Waals surface area contributed by atoms with E-state index in [9.17, 15) is 0 Å². The van der Waals surface area contributed by atoms with Crippen molar-refractivity contribution in [1.29, 1.82) is 0 Å². The van der Waals surface area contributed by atoms with Crippen molar-refractivity contribution >= 4 is 49.4 Å². The van der Waals surface area contributed by atoms with Crippen LogP contribution < -0.4 is 4.90 Å². The molecule has 0 unspecified atom stereocenters. The number of fused-ring (bicyclic) bond motifs is 4. The summed E-state index contributed by atoms with van der Waals surface area (Å²) in [6.45, 7) is 0. The summed E-state index contributed by atoms with van der Waals surface area (Å²) in [7, 11) is 0. The highest BCUT2D eigenvalue weighted by molar-refractivity contribution is 6.08. The third-order valence-electron chi connectivity index (χ3n) is 12.1. The lowest BCUT2D eigenvalue weighted by molar-refractivity contribution is 1.28. The van der Waals surface area contributed by atoms with Gasteiger partial charge < -0.3 is 4.90 Å². The van der Waals surface area contributed by atoms with E-state index in [1.54, 1.807) is 0 Å². The van der Waals surface area contributed by atoms with Gasteiger partial charge in [0.25, 0.3) is 0 Å². The molecule has 0 aliphatic rings. The monoisotopic (exact) mass is 775 g/mol. The first-order chi connectivity index (χ1) is 30.2. The molecular formula is C60H41N. The van der Waals surface area contributed by atoms with Crippen molar-refractivity contribution in [3.63, 3.8) is 0 Å². The summed E-state index contributed by atoms with van der Waals surface area (Å²) in [5.74, 6) is 0. The molecule has 1 nitrogen and oxygen atoms in total. The van der Waals surface area contributed by atoms with E-state index in [0.29, 0.717) is 0 Å². The standard InChI is InChI=1S/C60H41N/c1-3-13-42(14-4-1)44-23-26-48(27-24-44)57-21-11-12-22-59(57)61(54-35-31-45(32-36-54)50-33-37-56-53(40-50)30-28-47-18-9-10-20-55(47)56)60-41-52(34-38-58(60)46-16-5-2-6-17-46)51-29-25-43-15-7-8-19-49(43)39-51/h1-41H. The number of hydrogen-bond acceptors (Lipinski definition) is 1. The summed E-state index contributed by atoms with van der Waals surface area (Å²) in [6.07, 6.45) is 0. The van der Waals surface area contributed by atoms with Crippen LogP contribution >= 0.6 is 0 Å². The Bertz CT molecular complexity index is 3330. The molecule has 0 fully saturated rings. The lowest BCUT2D eigenvalue weighted by atomic mass is 9.94. The van der Waals surface area contributed by atoms with Crippen LogP contribution in [0, 0.1) is 0 Å². The van der Waals surface area contributed by atoms with Crippen LogP contribution in [0.2, 0.25) is 0 Å². The van der Waals surface area contributed by atoms with E-state index >= 15 is 0 Å². The minimum atomic E-state index is 1.08. The van der Waals surface area contributed by atoms with Gasteiger partial charge in [-0.1, -0.05) is 212 Å². The second-order valence-corrected chi connectivity index (χ2v) is 15.7. The summed E-state index contributed by atoms with van der Waals surface area (Å²) in [5, 5.41) is 7.53. The predicted molar refractivity (Wildman–Crippen MR) is 261 cm³/mol. The molecule has 286 valence electrons. The fraction of sp³-hybridized carbons (Fsp3) is 0. The van der Waals surface area contributed by atoms with Crippen LogP contribution in [-0.2, 0) is 0 Å². The molecule has 0 aliphatic heterocycles. The van der Waals surface area contributed by atoms with Gasteiger partial charge in [-0.05, 0) is 113 Å². The van der Waals surface area contributed by atoms with Crippen LogP contribution in [0.4, 0.5) is 17.1 Å². The zero-order valence-electron chi connectivity index (χ0n) is 33.6. The number of anilines is 3. The van der Waals surface area contributed by atoms with Gasteiger partial charge in [-0.3, -0.25) is 0 Å². The fourth-order valence-electron chi connectivity index (χ4n) is 8.92. The van der Waals surface area contributed by atoms with Crippen molar-refractivity contribution < 1.29 is 0 Å². The molecule has 0 radical (unpaired) electrons. The topological polar surface area (TPSA) is 3.24 Å². The highest BCUT2D eigenvalue weighted by Gasteiger charge is 2.22. The van der Waals surface area contributed by atoms with Gasteiger partial charge in [-0.25, -0.2) is 0 Å². The Morgan fingerprint density at radius 1 is 0.213 bits per heavy atom. The van der Waals surface area contributed by atoms with Gasteiger partial charge >= 0.3 is 0 Å². The normalized spacial score (nSPS) is 11.3. The number of hydrogen-bond donors (Lipinski definition) is 0. The molecule has 0 spiro atoms. The average Bonchev–Trinajstić information content (AvgIpc) is 3.34. The van der Waals surface area contributed by atoms with Crippen molar-refractivity contribution in [2.24, 2.45) is 0 Å². The fourth-order valence-corrected chi connectivity index (χ4v) is 8.92. The molecule has 0 heterocycles. The van der Waals surface area contributed by atoms with E-state index in [-0.39, 0.29) is 0 Å². The summed E-state index contributed by atoms with van der Waals surface area (Å²) < 4.78 is 0. The Morgan fingerprint density at radius 3 is 1.46 bits per heavy atom. The largest absolute Gasteiger partial charge is 0.309 e. The van der Waals surface area contributed by atoms with Crippen LogP contribution in [0.5, 0.6) is 0 Å². The SMILES string of the molecule is c1ccc(-c2ccc(-c3ccccc3N(c3ccc(-c4ccc5c(ccc6ccccc65)c4)cc3)c3cc(-c4ccc5ccccc5c4)ccc3-c3ccccc3)cc2)cc1. The number of benzene rings is 11. The highest BCUT2D eigenvalue weighted by atomic mass is 15.1. The molecule has 1 heteroatoms. The average molecular weight is 776 g/mol. The Balaban J connectivity index is 1.09. The number of para-hydroxylation sites is 1. The summed E-state index contributed by atoms with van der Waals surface area (Å²) in [4.78, 5) is 2.46. The molecule has 11 aromatic rings. The molecule has 0 N–H and O–H groups in total. The van der Waals surface area contributed by atoms with Crippen LogP contribution in [0.25, 0.3) is 88.0 Å². The molecule has 11 rings (SSSR count). The zero-order valence-corrected chi connectivity index (χ0v) is 33.6. The van der Waals surface area contributed by atoms with Crippen molar-refractivity contribution in [3.8, 4) is 55.6 Å². The van der Waals surface area contributed by atoms with Crippen molar-refractivity contribution in [2.45, 2.75) is 0 Å². The molecule has 0 aromatic heterocycles. The second-order valence-electron chi connectivity index (χ2n) is 15.7. The maximum Gasteiger partial charge on any atom is 0.0546 e. The summed E-state index contributed by atoms with van der Waals surface area (Å²) in [6, 6.07) is 90.6. The van der Waals surface area contributed by atoms with Crippen LogP contribution in [0.1, 0.15) is 0 Å². The van der Waals surface area contributed by atoms with Crippen LogP contribution in [-0.4, -0.2) is 0 Å². The highest BCUT2D eigenvalue weighted by Crippen LogP contribution is 2.47. The van der Waals surface area contributed by atoms with Crippen LogP contribution in [0.3, 0.4) is 0 Å². The summed E-state index contributed by atoms with van der Waals surface area (Å²) in [5.41, 5.74) is 15.1. The van der Waals surface area contributed by atoms with Gasteiger partial charge in [0, 0.05) is 16.8 Å². The lowest BCUT2D eigenvalue weighted by Crippen LogP contribution is -2.12. The third-order valence-corrected chi connectivity index (χ3v) is 12.1. The Labute approximate surface area is 357 Å². The van der Waals surface area contributed by atoms with E-state index in [0.717, 1.165) is 44.9 Å². The first-order valence-electron chi connectivity index (χ1n) is 21.0. The van der Waals surface area contributed by atoms with E-state index < -0.39 is 0 Å². The smallest absolute Gasteiger partial charge is 0.0546 e. The van der Waals surface area contributed by atoms with Crippen LogP contribution in [0.15, 0.2) is 249 Å². The minimum Gasteiger partial charge on any atom is -0.309 e. The molecule has 11 aromatic carbocycles. The van der Waals surface area contributed by atoms with Gasteiger partial charge in [-0.2, -0.15) is 0 Å². The zero-order chi connectivity index (χ0) is 40.5. The number of rotatable bonds is 8. The Morgan fingerprint density at radius 2 is 0.656 bits per heavy atom. The van der Waals surface area contributed by atoms with Gasteiger partial charge in [-0.15, -0.1) is 0 Å². The molecule has 0 atom stereocenters. The Hall–Kier alpha value is -8.00. The van der Waals surface area contributed by atoms with E-state index in [4.69, 9.17) is 0 Å². The van der Waals surface area contributed by atoms with E-state index in [2.05, 4.69) is 254 Å². The van der Waals surface area contributed by atoms with Gasteiger partial charge in [0.15, 0.2) is 0 Å². The maximum absolute atomic E-state index is 2.46. The minimum absolute atomic E-state index is 1.08. The molecule has 0 saturated carbocycles. The van der Waals surface area contributed by atoms with Gasteiger partial charge in [0.1, 0.15) is 0 Å². The van der Waals surface area contributed by atoms with Gasteiger partial charge in [0.2, 0.25) is 0 Å². The molecule has 0 bridgehead atoms. The van der Waals surface area contributed by atoms with Gasteiger partial charge in [0.05, 0.1) is 11.4 Å². The lowest BCUT2D eigenvalue weighted by Gasteiger charge is -2.30. The molecule has 61 heavy (non-hydrogen) atoms. The second kappa shape index (κ2) is 15.6. The van der Waals surface area contributed by atoms with Crippen molar-refractivity contribution in [2.75, 3.05) is 4.90 Å². The first-order valence-corrected chi connectivity index (χ1v) is 21.0. The molecule has 0 amide bonds. The first kappa shape index (κ1) is 36.1. The van der Waals surface area contributed by atoms with Crippen molar-refractivity contribution in [3.05, 3.63) is 249 Å². The molecule has 0 aliphatic carbocycles. The van der Waals surface area contributed by atoms with E-state index in [1.165, 1.54) is 60.1 Å². The third kappa shape index (κ3) is 6.93. The summed E-state index contributed by atoms with van der Waals surface area (Å²) >= 11 is 0. The maximum atomic E-state index is 2.46. The number of nitrogens with zero attached hydrogens (tertiary/aromatic N) is 1. The quantitative estimate of drug-likeness (QED) is 0.139.